The molecule has 1 N–H and O–H groups in total. The van der Waals surface area contributed by atoms with Crippen LogP contribution in [0.25, 0.3) is 0 Å². The van der Waals surface area contributed by atoms with E-state index in [-0.39, 0.29) is 11.8 Å². The molecule has 1 saturated heterocycles. The SMILES string of the molecule is CC1CCCN(c2ccc(NC(=O)C3CCC3)nc2)C1. The molecule has 2 heterocycles. The van der Waals surface area contributed by atoms with Gasteiger partial charge in [0.25, 0.3) is 0 Å². The number of carbonyl (C=O) groups excluding carboxylic acids is 1. The van der Waals surface area contributed by atoms with Crippen LogP contribution in [-0.4, -0.2) is 24.0 Å². The van der Waals surface area contributed by atoms with Gasteiger partial charge in [-0.2, -0.15) is 0 Å². The molecule has 0 radical (unpaired) electrons. The molecule has 20 heavy (non-hydrogen) atoms. The number of piperidine rings is 1. The normalized spacial score (nSPS) is 23.2. The summed E-state index contributed by atoms with van der Waals surface area (Å²) in [7, 11) is 0. The Morgan fingerprint density at radius 3 is 2.75 bits per heavy atom. The topological polar surface area (TPSA) is 45.2 Å². The van der Waals surface area contributed by atoms with Crippen molar-refractivity contribution in [3.05, 3.63) is 18.3 Å². The fourth-order valence-electron chi connectivity index (χ4n) is 2.97. The van der Waals surface area contributed by atoms with Crippen molar-refractivity contribution < 1.29 is 4.79 Å². The minimum Gasteiger partial charge on any atom is -0.370 e. The van der Waals surface area contributed by atoms with Gasteiger partial charge in [0.1, 0.15) is 5.82 Å². The van der Waals surface area contributed by atoms with Crippen molar-refractivity contribution in [3.63, 3.8) is 0 Å². The zero-order valence-electron chi connectivity index (χ0n) is 12.1. The van der Waals surface area contributed by atoms with Gasteiger partial charge in [-0.15, -0.1) is 0 Å². The second-order valence-electron chi connectivity index (χ2n) is 6.21. The predicted molar refractivity (Wildman–Crippen MR) is 80.8 cm³/mol. The zero-order valence-corrected chi connectivity index (χ0v) is 12.1. The highest BCUT2D eigenvalue weighted by Gasteiger charge is 2.25. The summed E-state index contributed by atoms with van der Waals surface area (Å²) < 4.78 is 0. The van der Waals surface area contributed by atoms with E-state index in [4.69, 9.17) is 0 Å². The Hall–Kier alpha value is -1.58. The summed E-state index contributed by atoms with van der Waals surface area (Å²) in [5.41, 5.74) is 1.16. The van der Waals surface area contributed by atoms with Crippen LogP contribution >= 0.6 is 0 Å². The van der Waals surface area contributed by atoms with E-state index in [9.17, 15) is 4.79 Å². The summed E-state index contributed by atoms with van der Waals surface area (Å²) in [6, 6.07) is 3.99. The molecule has 2 aliphatic rings. The van der Waals surface area contributed by atoms with E-state index in [1.807, 2.05) is 12.3 Å². The van der Waals surface area contributed by atoms with Crippen LogP contribution in [0.15, 0.2) is 18.3 Å². The summed E-state index contributed by atoms with van der Waals surface area (Å²) in [4.78, 5) is 18.6. The molecule has 1 unspecified atom stereocenters. The Kier molecular flexibility index (Phi) is 3.90. The van der Waals surface area contributed by atoms with E-state index in [0.29, 0.717) is 5.82 Å². The molecular formula is C16H23N3O. The maximum absolute atomic E-state index is 11.9. The first-order valence-corrected chi connectivity index (χ1v) is 7.74. The lowest BCUT2D eigenvalue weighted by atomic mass is 9.85. The predicted octanol–water partition coefficient (Wildman–Crippen LogP) is 3.06. The van der Waals surface area contributed by atoms with Crippen molar-refractivity contribution in [2.45, 2.75) is 39.0 Å². The quantitative estimate of drug-likeness (QED) is 0.920. The molecule has 0 spiro atoms. The van der Waals surface area contributed by atoms with Gasteiger partial charge in [0, 0.05) is 19.0 Å². The largest absolute Gasteiger partial charge is 0.370 e. The lowest BCUT2D eigenvalue weighted by Crippen LogP contribution is -2.34. The molecule has 1 aliphatic heterocycles. The number of nitrogens with zero attached hydrogens (tertiary/aromatic N) is 2. The molecule has 1 aromatic heterocycles. The first-order chi connectivity index (χ1) is 9.72. The van der Waals surface area contributed by atoms with Crippen LogP contribution in [0, 0.1) is 11.8 Å². The number of anilines is 2. The van der Waals surface area contributed by atoms with Crippen molar-refractivity contribution in [2.24, 2.45) is 11.8 Å². The Balaban J connectivity index is 1.60. The Bertz CT molecular complexity index is 467. The molecule has 3 rings (SSSR count). The molecule has 1 saturated carbocycles. The van der Waals surface area contributed by atoms with Crippen molar-refractivity contribution >= 4 is 17.4 Å². The monoisotopic (exact) mass is 273 g/mol. The molecule has 1 aromatic rings. The van der Waals surface area contributed by atoms with Gasteiger partial charge in [0.15, 0.2) is 0 Å². The van der Waals surface area contributed by atoms with Gasteiger partial charge in [-0.1, -0.05) is 13.3 Å². The number of pyridine rings is 1. The fourth-order valence-corrected chi connectivity index (χ4v) is 2.97. The maximum atomic E-state index is 11.9. The minimum absolute atomic E-state index is 0.128. The number of carbonyl (C=O) groups is 1. The van der Waals surface area contributed by atoms with Crippen LogP contribution in [0.4, 0.5) is 11.5 Å². The van der Waals surface area contributed by atoms with Crippen molar-refractivity contribution in [2.75, 3.05) is 23.3 Å². The first-order valence-electron chi connectivity index (χ1n) is 7.74. The molecule has 108 valence electrons. The first kappa shape index (κ1) is 13.4. The van der Waals surface area contributed by atoms with Gasteiger partial charge in [-0.3, -0.25) is 4.79 Å². The molecule has 1 aliphatic carbocycles. The summed E-state index contributed by atoms with van der Waals surface area (Å²) >= 11 is 0. The van der Waals surface area contributed by atoms with Crippen molar-refractivity contribution in [1.29, 1.82) is 0 Å². The fraction of sp³-hybridized carbons (Fsp3) is 0.625. The van der Waals surface area contributed by atoms with Crippen molar-refractivity contribution in [1.82, 2.24) is 4.98 Å². The van der Waals surface area contributed by atoms with Gasteiger partial charge in [-0.05, 0) is 43.7 Å². The Morgan fingerprint density at radius 2 is 2.15 bits per heavy atom. The van der Waals surface area contributed by atoms with E-state index in [1.54, 1.807) is 0 Å². The van der Waals surface area contributed by atoms with E-state index in [2.05, 4.69) is 28.2 Å². The molecule has 4 nitrogen and oxygen atoms in total. The number of aromatic nitrogens is 1. The molecule has 1 amide bonds. The van der Waals surface area contributed by atoms with Gasteiger partial charge in [0.05, 0.1) is 11.9 Å². The average Bonchev–Trinajstić information content (AvgIpc) is 2.37. The molecule has 2 fully saturated rings. The van der Waals surface area contributed by atoms with Gasteiger partial charge < -0.3 is 10.2 Å². The smallest absolute Gasteiger partial charge is 0.228 e. The highest BCUT2D eigenvalue weighted by atomic mass is 16.2. The van der Waals surface area contributed by atoms with Crippen LogP contribution in [-0.2, 0) is 4.79 Å². The third kappa shape index (κ3) is 2.94. The van der Waals surface area contributed by atoms with Gasteiger partial charge in [0.2, 0.25) is 5.91 Å². The van der Waals surface area contributed by atoms with E-state index in [0.717, 1.165) is 37.5 Å². The number of nitrogens with one attached hydrogen (secondary N) is 1. The van der Waals surface area contributed by atoms with E-state index < -0.39 is 0 Å². The number of amides is 1. The highest BCUT2D eigenvalue weighted by molar-refractivity contribution is 5.92. The molecule has 4 heteroatoms. The molecule has 0 bridgehead atoms. The minimum atomic E-state index is 0.128. The standard InChI is InChI=1S/C16H23N3O/c1-12-4-3-9-19(11-12)14-7-8-15(17-10-14)18-16(20)13-5-2-6-13/h7-8,10,12-13H,2-6,9,11H2,1H3,(H,17,18,20). The lowest BCUT2D eigenvalue weighted by molar-refractivity contribution is -0.122. The zero-order chi connectivity index (χ0) is 13.9. The second kappa shape index (κ2) is 5.81. The molecule has 0 aromatic carbocycles. The van der Waals surface area contributed by atoms with Crippen LogP contribution in [0.2, 0.25) is 0 Å². The molecular weight excluding hydrogens is 250 g/mol. The van der Waals surface area contributed by atoms with E-state index >= 15 is 0 Å². The third-order valence-corrected chi connectivity index (χ3v) is 4.50. The Morgan fingerprint density at radius 1 is 1.30 bits per heavy atom. The second-order valence-corrected chi connectivity index (χ2v) is 6.21. The maximum Gasteiger partial charge on any atom is 0.228 e. The summed E-state index contributed by atoms with van der Waals surface area (Å²) in [6.07, 6.45) is 7.68. The summed E-state index contributed by atoms with van der Waals surface area (Å²) in [6.45, 7) is 4.52. The number of rotatable bonds is 3. The lowest BCUT2D eigenvalue weighted by Gasteiger charge is -2.32. The summed E-state index contributed by atoms with van der Waals surface area (Å²) in [5, 5.41) is 2.91. The van der Waals surface area contributed by atoms with Crippen LogP contribution in [0.1, 0.15) is 39.0 Å². The number of hydrogen-bond donors (Lipinski definition) is 1. The number of hydrogen-bond acceptors (Lipinski definition) is 3. The highest BCUT2D eigenvalue weighted by Crippen LogP contribution is 2.28. The third-order valence-electron chi connectivity index (χ3n) is 4.50. The Labute approximate surface area is 120 Å². The van der Waals surface area contributed by atoms with Crippen molar-refractivity contribution in [3.8, 4) is 0 Å². The van der Waals surface area contributed by atoms with E-state index in [1.165, 1.54) is 19.3 Å². The van der Waals surface area contributed by atoms with Crippen LogP contribution in [0.5, 0.6) is 0 Å². The average molecular weight is 273 g/mol. The van der Waals surface area contributed by atoms with Gasteiger partial charge >= 0.3 is 0 Å². The molecule has 1 atom stereocenters. The van der Waals surface area contributed by atoms with Gasteiger partial charge in [-0.25, -0.2) is 4.98 Å². The van der Waals surface area contributed by atoms with Crippen LogP contribution < -0.4 is 10.2 Å². The van der Waals surface area contributed by atoms with Crippen LogP contribution in [0.3, 0.4) is 0 Å². The summed E-state index contributed by atoms with van der Waals surface area (Å²) in [5.74, 6) is 1.76.